The molecule has 0 saturated carbocycles. The van der Waals surface area contributed by atoms with Gasteiger partial charge < -0.3 is 15.2 Å². The van der Waals surface area contributed by atoms with Gasteiger partial charge in [0.1, 0.15) is 6.04 Å². The Morgan fingerprint density at radius 1 is 1.41 bits per heavy atom. The minimum Gasteiger partial charge on any atom is -0.337 e. The predicted molar refractivity (Wildman–Crippen MR) is 72.8 cm³/mol. The van der Waals surface area contributed by atoms with Crippen LogP contribution in [0.15, 0.2) is 34.9 Å². The van der Waals surface area contributed by atoms with Gasteiger partial charge in [0.2, 0.25) is 17.6 Å². The van der Waals surface area contributed by atoms with E-state index in [1.165, 1.54) is 0 Å². The summed E-state index contributed by atoms with van der Waals surface area (Å²) in [5.41, 5.74) is 5.98. The third-order valence-electron chi connectivity index (χ3n) is 3.52. The first-order valence-electron chi connectivity index (χ1n) is 6.76. The smallest absolute Gasteiger partial charge is 0.267 e. The Bertz CT molecular complexity index is 674. The molecule has 1 amide bonds. The minimum absolute atomic E-state index is 0.00201. The quantitative estimate of drug-likeness (QED) is 0.931. The number of carbonyl (C=O) groups is 1. The number of hydrogen-bond acceptors (Lipinski definition) is 5. The zero-order valence-corrected chi connectivity index (χ0v) is 11.6. The molecule has 1 saturated heterocycles. The Morgan fingerprint density at radius 2 is 2.14 bits per heavy atom. The van der Waals surface area contributed by atoms with Gasteiger partial charge >= 0.3 is 0 Å². The van der Waals surface area contributed by atoms with E-state index in [4.69, 9.17) is 10.3 Å². The Kier molecular flexibility index (Phi) is 3.61. The lowest BCUT2D eigenvalue weighted by Gasteiger charge is -2.20. The number of aromatic nitrogens is 2. The molecule has 116 valence electrons. The molecule has 0 bridgehead atoms. The lowest BCUT2D eigenvalue weighted by Crippen LogP contribution is -2.37. The van der Waals surface area contributed by atoms with Gasteiger partial charge in [-0.05, 0) is 0 Å². The molecule has 0 spiro atoms. The third kappa shape index (κ3) is 2.69. The van der Waals surface area contributed by atoms with Crippen LogP contribution in [0, 0.1) is 0 Å². The molecule has 1 aromatic heterocycles. The van der Waals surface area contributed by atoms with Crippen molar-refractivity contribution in [2.24, 2.45) is 5.73 Å². The summed E-state index contributed by atoms with van der Waals surface area (Å²) in [5.74, 6) is -3.26. The fourth-order valence-electron chi connectivity index (χ4n) is 2.49. The van der Waals surface area contributed by atoms with E-state index in [1.54, 1.807) is 24.3 Å². The van der Waals surface area contributed by atoms with Gasteiger partial charge in [0.15, 0.2) is 0 Å². The van der Waals surface area contributed by atoms with Crippen molar-refractivity contribution in [2.45, 2.75) is 18.4 Å². The number of nitrogens with zero attached hydrogens (tertiary/aromatic N) is 3. The molecular formula is C14H14F2N4O2. The van der Waals surface area contributed by atoms with E-state index >= 15 is 0 Å². The van der Waals surface area contributed by atoms with Crippen LogP contribution in [0.1, 0.15) is 18.4 Å². The first-order valence-corrected chi connectivity index (χ1v) is 6.76. The average molecular weight is 308 g/mol. The van der Waals surface area contributed by atoms with E-state index < -0.39 is 30.8 Å². The number of halogens is 2. The molecule has 2 N–H and O–H groups in total. The maximum Gasteiger partial charge on any atom is 0.267 e. The molecule has 0 aliphatic carbocycles. The van der Waals surface area contributed by atoms with Crippen LogP contribution in [0.4, 0.5) is 8.78 Å². The zero-order chi connectivity index (χ0) is 15.7. The molecule has 6 nitrogen and oxygen atoms in total. The van der Waals surface area contributed by atoms with Gasteiger partial charge in [-0.2, -0.15) is 4.98 Å². The van der Waals surface area contributed by atoms with E-state index in [2.05, 4.69) is 10.1 Å². The highest BCUT2D eigenvalue weighted by atomic mass is 19.3. The van der Waals surface area contributed by atoms with Crippen LogP contribution >= 0.6 is 0 Å². The molecule has 0 unspecified atom stereocenters. The number of hydrogen-bond donors (Lipinski definition) is 1. The van der Waals surface area contributed by atoms with Crippen molar-refractivity contribution >= 4 is 5.91 Å². The lowest BCUT2D eigenvalue weighted by atomic mass is 10.2. The monoisotopic (exact) mass is 308 g/mol. The summed E-state index contributed by atoms with van der Waals surface area (Å²) < 4.78 is 32.4. The molecule has 2 heterocycles. The molecule has 1 aromatic carbocycles. The van der Waals surface area contributed by atoms with Crippen molar-refractivity contribution in [3.8, 4) is 11.4 Å². The number of rotatable bonds is 3. The topological polar surface area (TPSA) is 85.3 Å². The molecule has 8 heteroatoms. The van der Waals surface area contributed by atoms with Crippen molar-refractivity contribution < 1.29 is 18.1 Å². The molecule has 2 aromatic rings. The highest BCUT2D eigenvalue weighted by Gasteiger charge is 2.49. The number of benzene rings is 1. The summed E-state index contributed by atoms with van der Waals surface area (Å²) in [5, 5.41) is 3.80. The summed E-state index contributed by atoms with van der Waals surface area (Å²) in [6.07, 6.45) is -0.546. The van der Waals surface area contributed by atoms with Crippen LogP contribution < -0.4 is 5.73 Å². The Labute approximate surface area is 124 Å². The van der Waals surface area contributed by atoms with Crippen LogP contribution in [-0.4, -0.2) is 40.0 Å². The van der Waals surface area contributed by atoms with Crippen molar-refractivity contribution in [1.82, 2.24) is 15.0 Å². The molecule has 3 rings (SSSR count). The second-order valence-electron chi connectivity index (χ2n) is 5.12. The maximum atomic E-state index is 13.6. The number of amides is 1. The molecule has 0 radical (unpaired) electrons. The summed E-state index contributed by atoms with van der Waals surface area (Å²) in [6.45, 7) is -1.02. The van der Waals surface area contributed by atoms with Gasteiger partial charge in [0, 0.05) is 12.0 Å². The molecule has 1 aliphatic heterocycles. The first-order chi connectivity index (χ1) is 10.5. The Hall–Kier alpha value is -2.35. The van der Waals surface area contributed by atoms with Crippen molar-refractivity contribution in [1.29, 1.82) is 0 Å². The molecule has 1 aliphatic rings. The lowest BCUT2D eigenvalue weighted by molar-refractivity contribution is -0.132. The first kappa shape index (κ1) is 14.6. The molecule has 22 heavy (non-hydrogen) atoms. The second kappa shape index (κ2) is 5.45. The van der Waals surface area contributed by atoms with Crippen LogP contribution in [0.2, 0.25) is 0 Å². The number of alkyl halides is 2. The minimum atomic E-state index is -2.99. The van der Waals surface area contributed by atoms with Gasteiger partial charge in [-0.15, -0.1) is 0 Å². The van der Waals surface area contributed by atoms with E-state index in [9.17, 15) is 13.6 Å². The third-order valence-corrected chi connectivity index (χ3v) is 3.52. The van der Waals surface area contributed by atoms with Gasteiger partial charge in [-0.1, -0.05) is 35.5 Å². The summed E-state index contributed by atoms with van der Waals surface area (Å²) in [7, 11) is 0. The van der Waals surface area contributed by atoms with Crippen molar-refractivity contribution in [3.05, 3.63) is 36.2 Å². The van der Waals surface area contributed by atoms with Crippen LogP contribution in [0.5, 0.6) is 0 Å². The van der Waals surface area contributed by atoms with E-state index in [-0.39, 0.29) is 12.4 Å². The van der Waals surface area contributed by atoms with Crippen molar-refractivity contribution in [3.63, 3.8) is 0 Å². The summed E-state index contributed by atoms with van der Waals surface area (Å²) in [6, 6.07) is 8.06. The average Bonchev–Trinajstić information content (AvgIpc) is 3.11. The fraction of sp³-hybridized carbons (Fsp3) is 0.357. The molecular weight excluding hydrogens is 294 g/mol. The van der Waals surface area contributed by atoms with E-state index in [0.717, 1.165) is 4.90 Å². The zero-order valence-electron chi connectivity index (χ0n) is 11.6. The Morgan fingerprint density at radius 3 is 2.82 bits per heavy atom. The van der Waals surface area contributed by atoms with Crippen LogP contribution in [-0.2, 0) is 4.79 Å². The van der Waals surface area contributed by atoms with E-state index in [1.807, 2.05) is 6.07 Å². The van der Waals surface area contributed by atoms with Crippen LogP contribution in [0.3, 0.4) is 0 Å². The molecule has 1 atom stereocenters. The summed E-state index contributed by atoms with van der Waals surface area (Å²) >= 11 is 0. The second-order valence-corrected chi connectivity index (χ2v) is 5.12. The predicted octanol–water partition coefficient (Wildman–Crippen LogP) is 1.60. The van der Waals surface area contributed by atoms with Gasteiger partial charge in [0.25, 0.3) is 5.92 Å². The number of nitrogens with two attached hydrogens (primary N) is 1. The Balaban J connectivity index is 1.90. The standard InChI is InChI=1S/C14H14F2N4O2/c15-14(16)6-10(20(8-14)11(21)7-17)13-18-12(19-22-13)9-4-2-1-3-5-9/h1-5,10H,6-8,17H2/t10-/m0/s1. The normalized spacial score (nSPS) is 20.3. The van der Waals surface area contributed by atoms with Gasteiger partial charge in [0.05, 0.1) is 13.1 Å². The van der Waals surface area contributed by atoms with Crippen LogP contribution in [0.25, 0.3) is 11.4 Å². The van der Waals surface area contributed by atoms with Gasteiger partial charge in [-0.25, -0.2) is 8.78 Å². The van der Waals surface area contributed by atoms with Crippen molar-refractivity contribution in [2.75, 3.05) is 13.1 Å². The SMILES string of the molecule is NCC(=O)N1CC(F)(F)C[C@H]1c1nc(-c2ccccc2)no1. The maximum absolute atomic E-state index is 13.6. The molecule has 1 fully saturated rings. The highest BCUT2D eigenvalue weighted by Crippen LogP contribution is 2.40. The number of likely N-dealkylation sites (tertiary alicyclic amines) is 1. The van der Waals surface area contributed by atoms with E-state index in [0.29, 0.717) is 11.4 Å². The highest BCUT2D eigenvalue weighted by molar-refractivity contribution is 5.78. The van der Waals surface area contributed by atoms with Gasteiger partial charge in [-0.3, -0.25) is 4.79 Å². The number of carbonyl (C=O) groups excluding carboxylic acids is 1. The summed E-state index contributed by atoms with van der Waals surface area (Å²) in [4.78, 5) is 16.9. The largest absolute Gasteiger partial charge is 0.337 e. The fourth-order valence-corrected chi connectivity index (χ4v) is 2.49.